The van der Waals surface area contributed by atoms with Crippen molar-refractivity contribution >= 4 is 39.2 Å². The van der Waals surface area contributed by atoms with Crippen LogP contribution >= 0.6 is 23.2 Å². The molecule has 0 fully saturated rings. The van der Waals surface area contributed by atoms with E-state index < -0.39 is 22.1 Å². The van der Waals surface area contributed by atoms with Gasteiger partial charge in [0.25, 0.3) is 0 Å². The maximum Gasteiger partial charge on any atom is 0.339 e. The molecule has 0 aromatic heterocycles. The molecule has 0 aliphatic heterocycles. The van der Waals surface area contributed by atoms with Gasteiger partial charge < -0.3 is 15.7 Å². The highest BCUT2D eigenvalue weighted by atomic mass is 35.5. The van der Waals surface area contributed by atoms with E-state index in [1.807, 2.05) is 6.92 Å². The van der Waals surface area contributed by atoms with Crippen LogP contribution in [0, 0.1) is 6.92 Å². The van der Waals surface area contributed by atoms with E-state index in [0.717, 1.165) is 5.56 Å². The van der Waals surface area contributed by atoms with Gasteiger partial charge >= 0.3 is 10.1 Å². The molecule has 4 N–H and O–H groups in total. The van der Waals surface area contributed by atoms with Gasteiger partial charge in [0, 0.05) is 23.0 Å². The molecule has 0 bridgehead atoms. The molecule has 2 aromatic rings. The molecular weight excluding hydrogens is 387 g/mol. The Hall–Kier alpha value is -1.80. The third-order valence-electron chi connectivity index (χ3n) is 3.36. The second kappa shape index (κ2) is 7.61. The predicted octanol–water partition coefficient (Wildman–Crippen LogP) is 2.94. The van der Waals surface area contributed by atoms with Gasteiger partial charge in [0.05, 0.1) is 5.02 Å². The Balaban J connectivity index is 2.47. The number of aryl methyl sites for hydroxylation is 1. The molecule has 0 spiro atoms. The van der Waals surface area contributed by atoms with Crippen LogP contribution in [0.2, 0.25) is 10.0 Å². The summed E-state index contributed by atoms with van der Waals surface area (Å²) in [7, 11) is -4.15. The number of benzene rings is 2. The van der Waals surface area contributed by atoms with Gasteiger partial charge in [0.15, 0.2) is 5.75 Å². The van der Waals surface area contributed by atoms with Crippen LogP contribution in [0.1, 0.15) is 23.6 Å². The zero-order chi connectivity index (χ0) is 18.8. The number of rotatable bonds is 6. The summed E-state index contributed by atoms with van der Waals surface area (Å²) in [5, 5.41) is 0.179. The van der Waals surface area contributed by atoms with Gasteiger partial charge in [-0.05, 0) is 31.2 Å². The third-order valence-corrected chi connectivity index (χ3v) is 5.09. The molecule has 0 saturated carbocycles. The first-order valence-electron chi connectivity index (χ1n) is 7.14. The molecule has 1 atom stereocenters. The zero-order valence-corrected chi connectivity index (χ0v) is 15.5. The zero-order valence-electron chi connectivity index (χ0n) is 13.2. The Morgan fingerprint density at radius 2 is 1.80 bits per heavy atom. The van der Waals surface area contributed by atoms with Gasteiger partial charge in [-0.3, -0.25) is 4.79 Å². The number of nitrogens with two attached hydrogens (primary N) is 2. The van der Waals surface area contributed by atoms with Gasteiger partial charge in [-0.15, -0.1) is 0 Å². The van der Waals surface area contributed by atoms with Crippen LogP contribution in [0.25, 0.3) is 0 Å². The number of carbonyl (C=O) groups is 1. The molecule has 0 radical (unpaired) electrons. The van der Waals surface area contributed by atoms with Crippen LogP contribution < -0.4 is 15.7 Å². The third kappa shape index (κ3) is 4.85. The van der Waals surface area contributed by atoms with Crippen LogP contribution in [-0.4, -0.2) is 14.3 Å². The summed E-state index contributed by atoms with van der Waals surface area (Å²) in [6, 6.07) is 7.90. The predicted molar refractivity (Wildman–Crippen MR) is 96.2 cm³/mol. The molecule has 134 valence electrons. The first-order chi connectivity index (χ1) is 11.6. The van der Waals surface area contributed by atoms with E-state index in [9.17, 15) is 13.2 Å². The summed E-state index contributed by atoms with van der Waals surface area (Å²) < 4.78 is 30.2. The standard InChI is InChI=1S/C16H16Cl2N2O4S/c1-9-2-4-11(5-3-9)25(22,23)24-16-12(14(19)8-15(20)21)6-10(17)7-13(16)18/h2-7,14H,8,19H2,1H3,(H2,20,21). The van der Waals surface area contributed by atoms with Gasteiger partial charge in [0.2, 0.25) is 5.91 Å². The first kappa shape index (κ1) is 19.5. The quantitative estimate of drug-likeness (QED) is 0.721. The maximum absolute atomic E-state index is 12.5. The number of primary amides is 1. The summed E-state index contributed by atoms with van der Waals surface area (Å²) in [4.78, 5) is 11.1. The highest BCUT2D eigenvalue weighted by molar-refractivity contribution is 7.87. The van der Waals surface area contributed by atoms with Crippen LogP contribution in [0.4, 0.5) is 0 Å². The topological polar surface area (TPSA) is 112 Å². The van der Waals surface area contributed by atoms with E-state index in [0.29, 0.717) is 0 Å². The van der Waals surface area contributed by atoms with Crippen molar-refractivity contribution in [2.45, 2.75) is 24.3 Å². The van der Waals surface area contributed by atoms with E-state index in [2.05, 4.69) is 0 Å². The van der Waals surface area contributed by atoms with Crippen LogP contribution in [-0.2, 0) is 14.9 Å². The summed E-state index contributed by atoms with van der Waals surface area (Å²) >= 11 is 12.0. The molecule has 0 saturated heterocycles. The summed E-state index contributed by atoms with van der Waals surface area (Å²) in [6.07, 6.45) is -0.225. The highest BCUT2D eigenvalue weighted by Crippen LogP contribution is 2.38. The van der Waals surface area contributed by atoms with Crippen LogP contribution in [0.15, 0.2) is 41.3 Å². The maximum atomic E-state index is 12.5. The van der Waals surface area contributed by atoms with E-state index in [1.165, 1.54) is 24.3 Å². The fourth-order valence-corrected chi connectivity index (χ4v) is 3.70. The molecule has 0 aliphatic carbocycles. The monoisotopic (exact) mass is 402 g/mol. The average molecular weight is 403 g/mol. The largest absolute Gasteiger partial charge is 0.377 e. The summed E-state index contributed by atoms with van der Waals surface area (Å²) in [6.45, 7) is 1.83. The van der Waals surface area contributed by atoms with Gasteiger partial charge in [-0.25, -0.2) is 0 Å². The molecule has 1 amide bonds. The van der Waals surface area contributed by atoms with Crippen molar-refractivity contribution in [1.82, 2.24) is 0 Å². The molecule has 9 heteroatoms. The highest BCUT2D eigenvalue weighted by Gasteiger charge is 2.24. The minimum atomic E-state index is -4.15. The molecule has 1 unspecified atom stereocenters. The van der Waals surface area contributed by atoms with Gasteiger partial charge in [-0.2, -0.15) is 8.42 Å². The number of carbonyl (C=O) groups excluding carboxylic acids is 1. The van der Waals surface area contributed by atoms with Crippen molar-refractivity contribution in [1.29, 1.82) is 0 Å². The molecule has 0 aliphatic rings. The minimum Gasteiger partial charge on any atom is -0.377 e. The second-order valence-corrected chi connectivity index (χ2v) is 7.82. The van der Waals surface area contributed by atoms with Crippen molar-refractivity contribution in [2.75, 3.05) is 0 Å². The number of halogens is 2. The van der Waals surface area contributed by atoms with Gasteiger partial charge in [-0.1, -0.05) is 40.9 Å². The number of hydrogen-bond acceptors (Lipinski definition) is 5. The molecule has 6 nitrogen and oxygen atoms in total. The van der Waals surface area contributed by atoms with Crippen molar-refractivity contribution in [2.24, 2.45) is 11.5 Å². The fourth-order valence-electron chi connectivity index (χ4n) is 2.13. The van der Waals surface area contributed by atoms with E-state index in [4.69, 9.17) is 38.9 Å². The fraction of sp³-hybridized carbons (Fsp3) is 0.188. The Morgan fingerprint density at radius 3 is 2.36 bits per heavy atom. The lowest BCUT2D eigenvalue weighted by atomic mass is 10.0. The summed E-state index contributed by atoms with van der Waals surface area (Å²) in [5.74, 6) is -0.837. The van der Waals surface area contributed by atoms with E-state index >= 15 is 0 Å². The van der Waals surface area contributed by atoms with Crippen molar-refractivity contribution in [3.8, 4) is 5.75 Å². The van der Waals surface area contributed by atoms with Crippen molar-refractivity contribution < 1.29 is 17.4 Å². The molecule has 25 heavy (non-hydrogen) atoms. The lowest BCUT2D eigenvalue weighted by Gasteiger charge is -2.17. The van der Waals surface area contributed by atoms with Crippen molar-refractivity contribution in [3.05, 3.63) is 57.6 Å². The normalized spacial score (nSPS) is 12.6. The van der Waals surface area contributed by atoms with Crippen LogP contribution in [0.5, 0.6) is 5.75 Å². The van der Waals surface area contributed by atoms with Crippen LogP contribution in [0.3, 0.4) is 0 Å². The Kier molecular flexibility index (Phi) is 5.95. The molecule has 2 aromatic carbocycles. The van der Waals surface area contributed by atoms with Crippen molar-refractivity contribution in [3.63, 3.8) is 0 Å². The number of amides is 1. The molecule has 0 heterocycles. The number of hydrogen-bond donors (Lipinski definition) is 2. The SMILES string of the molecule is Cc1ccc(S(=O)(=O)Oc2c(Cl)cc(Cl)cc2C(N)CC(N)=O)cc1. The second-order valence-electron chi connectivity index (χ2n) is 5.43. The molecular formula is C16H16Cl2N2O4S. The average Bonchev–Trinajstić information content (AvgIpc) is 2.49. The Bertz CT molecular complexity index is 899. The minimum absolute atomic E-state index is 0.0430. The summed E-state index contributed by atoms with van der Waals surface area (Å²) in [5.41, 5.74) is 12.1. The van der Waals surface area contributed by atoms with E-state index in [-0.39, 0.29) is 32.7 Å². The lowest BCUT2D eigenvalue weighted by Crippen LogP contribution is -2.22. The first-order valence-corrected chi connectivity index (χ1v) is 9.30. The Morgan fingerprint density at radius 1 is 1.20 bits per heavy atom. The van der Waals surface area contributed by atoms with Gasteiger partial charge in [0.1, 0.15) is 4.90 Å². The smallest absolute Gasteiger partial charge is 0.339 e. The lowest BCUT2D eigenvalue weighted by molar-refractivity contribution is -0.118. The van der Waals surface area contributed by atoms with E-state index in [1.54, 1.807) is 12.1 Å². The Labute approximate surface area is 155 Å². The molecule has 2 rings (SSSR count).